The van der Waals surface area contributed by atoms with Crippen molar-refractivity contribution in [2.45, 2.75) is 46.1 Å². The molecule has 0 spiro atoms. The quantitative estimate of drug-likeness (QED) is 0.563. The van der Waals surface area contributed by atoms with E-state index in [4.69, 9.17) is 13.9 Å². The summed E-state index contributed by atoms with van der Waals surface area (Å²) in [6.45, 7) is 5.66. The summed E-state index contributed by atoms with van der Waals surface area (Å²) in [5.74, 6) is 1.23. The summed E-state index contributed by atoms with van der Waals surface area (Å²) in [6, 6.07) is 8.47. The summed E-state index contributed by atoms with van der Waals surface area (Å²) >= 11 is 0. The van der Waals surface area contributed by atoms with Crippen molar-refractivity contribution in [1.29, 1.82) is 0 Å². The molecule has 2 aromatic rings. The second kappa shape index (κ2) is 9.02. The van der Waals surface area contributed by atoms with Crippen molar-refractivity contribution in [1.82, 2.24) is 5.32 Å². The minimum absolute atomic E-state index is 0.0645. The van der Waals surface area contributed by atoms with Crippen molar-refractivity contribution in [3.8, 4) is 11.5 Å². The number of hydrogen-bond acceptors (Lipinski definition) is 6. The lowest BCUT2D eigenvalue weighted by Gasteiger charge is -2.37. The molecule has 7 nitrogen and oxygen atoms in total. The van der Waals surface area contributed by atoms with Crippen LogP contribution in [0.5, 0.6) is 11.5 Å². The van der Waals surface area contributed by atoms with E-state index in [1.807, 2.05) is 6.08 Å². The number of benzene rings is 1. The summed E-state index contributed by atoms with van der Waals surface area (Å²) in [6.07, 6.45) is 4.48. The highest BCUT2D eigenvalue weighted by Gasteiger charge is 2.34. The Kier molecular flexibility index (Phi) is 6.17. The summed E-state index contributed by atoms with van der Waals surface area (Å²) in [5.41, 5.74) is 1.59. The number of amides is 1. The van der Waals surface area contributed by atoms with Gasteiger partial charge in [-0.3, -0.25) is 9.59 Å². The Morgan fingerprint density at radius 2 is 2.06 bits per heavy atom. The molecule has 1 amide bonds. The molecule has 1 unspecified atom stereocenters. The minimum atomic E-state index is -0.466. The average molecular weight is 437 g/mol. The van der Waals surface area contributed by atoms with Crippen LogP contribution >= 0.6 is 0 Å². The van der Waals surface area contributed by atoms with Gasteiger partial charge in [0.15, 0.2) is 0 Å². The van der Waals surface area contributed by atoms with E-state index in [9.17, 15) is 14.4 Å². The minimum Gasteiger partial charge on any atom is -0.485 e. The fourth-order valence-corrected chi connectivity index (χ4v) is 4.44. The van der Waals surface area contributed by atoms with Crippen LogP contribution in [0.25, 0.3) is 6.08 Å². The number of hydrogen-bond donors (Lipinski definition) is 1. The van der Waals surface area contributed by atoms with Crippen LogP contribution in [0, 0.1) is 18.8 Å². The van der Waals surface area contributed by atoms with E-state index in [0.717, 1.165) is 24.8 Å². The first kappa shape index (κ1) is 21.9. The van der Waals surface area contributed by atoms with E-state index in [1.165, 1.54) is 6.92 Å². The number of carbonyl (C=O) groups excluding carboxylic acids is 2. The van der Waals surface area contributed by atoms with Crippen molar-refractivity contribution in [2.24, 2.45) is 11.8 Å². The van der Waals surface area contributed by atoms with Gasteiger partial charge in [-0.1, -0.05) is 19.1 Å². The number of esters is 1. The molecular formula is C25H27NO6. The first-order chi connectivity index (χ1) is 15.3. The largest absolute Gasteiger partial charge is 0.485 e. The number of para-hydroxylation sites is 1. The molecule has 1 aromatic carbocycles. The lowest BCUT2D eigenvalue weighted by atomic mass is 9.76. The van der Waals surface area contributed by atoms with Crippen LogP contribution < -0.4 is 20.4 Å². The van der Waals surface area contributed by atoms with Gasteiger partial charge in [-0.2, -0.15) is 0 Å². The highest BCUT2D eigenvalue weighted by Crippen LogP contribution is 2.40. The number of aryl methyl sites for hydroxylation is 1. The van der Waals surface area contributed by atoms with Gasteiger partial charge in [-0.25, -0.2) is 4.79 Å². The van der Waals surface area contributed by atoms with Gasteiger partial charge in [0.1, 0.15) is 28.9 Å². The van der Waals surface area contributed by atoms with Crippen LogP contribution in [0.2, 0.25) is 0 Å². The summed E-state index contributed by atoms with van der Waals surface area (Å²) in [7, 11) is 0. The van der Waals surface area contributed by atoms with Crippen molar-refractivity contribution in [2.75, 3.05) is 6.54 Å². The average Bonchev–Trinajstić information content (AvgIpc) is 2.75. The Morgan fingerprint density at radius 1 is 1.28 bits per heavy atom. The predicted octanol–water partition coefficient (Wildman–Crippen LogP) is 3.88. The Bertz CT molecular complexity index is 1130. The fourth-order valence-electron chi connectivity index (χ4n) is 4.44. The topological polar surface area (TPSA) is 94.8 Å². The maximum Gasteiger partial charge on any atom is 0.346 e. The van der Waals surface area contributed by atoms with Crippen molar-refractivity contribution in [3.63, 3.8) is 0 Å². The maximum atomic E-state index is 12.7. The zero-order valence-electron chi connectivity index (χ0n) is 18.5. The van der Waals surface area contributed by atoms with E-state index in [1.54, 1.807) is 37.3 Å². The molecule has 1 aliphatic carbocycles. The van der Waals surface area contributed by atoms with E-state index >= 15 is 0 Å². The third-order valence-corrected chi connectivity index (χ3v) is 6.18. The molecule has 32 heavy (non-hydrogen) atoms. The maximum absolute atomic E-state index is 12.7. The second-order valence-electron chi connectivity index (χ2n) is 8.56. The Balaban J connectivity index is 1.38. The summed E-state index contributed by atoms with van der Waals surface area (Å²) in [5, 5.41) is 2.97. The number of carbonyl (C=O) groups is 2. The number of nitrogens with one attached hydrogen (secondary N) is 1. The number of ether oxygens (including phenoxy) is 2. The molecule has 1 N–H and O–H groups in total. The smallest absolute Gasteiger partial charge is 0.346 e. The lowest BCUT2D eigenvalue weighted by Crippen LogP contribution is -2.37. The van der Waals surface area contributed by atoms with Gasteiger partial charge in [-0.15, -0.1) is 0 Å². The molecule has 3 atom stereocenters. The Labute approximate surface area is 186 Å². The van der Waals surface area contributed by atoms with Gasteiger partial charge in [0.2, 0.25) is 0 Å². The third-order valence-electron chi connectivity index (χ3n) is 6.18. The molecule has 2 heterocycles. The Hall–Kier alpha value is -3.35. The molecule has 0 radical (unpaired) electrons. The molecule has 1 fully saturated rings. The first-order valence-electron chi connectivity index (χ1n) is 10.9. The van der Waals surface area contributed by atoms with Gasteiger partial charge in [-0.05, 0) is 61.8 Å². The number of rotatable bonds is 5. The molecular weight excluding hydrogens is 410 g/mol. The lowest BCUT2D eigenvalue weighted by molar-refractivity contribution is -0.131. The zero-order valence-corrected chi connectivity index (χ0v) is 18.5. The van der Waals surface area contributed by atoms with Crippen LogP contribution in [-0.2, 0) is 4.79 Å². The summed E-state index contributed by atoms with van der Waals surface area (Å²) < 4.78 is 16.5. The van der Waals surface area contributed by atoms with Crippen molar-refractivity contribution < 1.29 is 23.5 Å². The fraction of sp³-hybridized carbons (Fsp3) is 0.400. The first-order valence-corrected chi connectivity index (χ1v) is 10.9. The van der Waals surface area contributed by atoms with E-state index < -0.39 is 5.97 Å². The third kappa shape index (κ3) is 4.61. The molecule has 0 saturated heterocycles. The van der Waals surface area contributed by atoms with Gasteiger partial charge in [0.05, 0.1) is 5.56 Å². The normalized spacial score (nSPS) is 20.2. The summed E-state index contributed by atoms with van der Waals surface area (Å²) in [4.78, 5) is 36.1. The standard InChI is InChI=1S/C25H27NO6/c1-14(13-26-24(28)19-6-4-5-7-21(19)31-16(3)27)17-8-9-18-11-20-23(32-22(18)12-17)10-15(2)30-25(20)29/h4-7,10-11,14,17,22H,8-9,12-13H2,1-3H3,(H,26,28)/t14?,17-,22-/m0/s1. The Morgan fingerprint density at radius 3 is 2.84 bits per heavy atom. The molecule has 2 aliphatic rings. The molecule has 1 aliphatic heterocycles. The zero-order chi connectivity index (χ0) is 22.8. The van der Waals surface area contributed by atoms with Gasteiger partial charge >= 0.3 is 11.6 Å². The van der Waals surface area contributed by atoms with Crippen LogP contribution in [0.3, 0.4) is 0 Å². The predicted molar refractivity (Wildman–Crippen MR) is 119 cm³/mol. The van der Waals surface area contributed by atoms with Gasteiger partial charge in [0.25, 0.3) is 5.91 Å². The molecule has 168 valence electrons. The van der Waals surface area contributed by atoms with Crippen molar-refractivity contribution in [3.05, 3.63) is 63.2 Å². The van der Waals surface area contributed by atoms with E-state index in [0.29, 0.717) is 35.1 Å². The molecule has 1 aromatic heterocycles. The molecule has 1 saturated carbocycles. The van der Waals surface area contributed by atoms with Gasteiger partial charge in [0, 0.05) is 19.5 Å². The van der Waals surface area contributed by atoms with Crippen LogP contribution in [0.4, 0.5) is 0 Å². The SMILES string of the molecule is CC(=O)Oc1ccccc1C(=O)NCC(C)[C@H]1CCC2=Cc3c(cc(C)oc3=O)O[C@H]2C1. The molecule has 4 rings (SSSR count). The van der Waals surface area contributed by atoms with Crippen LogP contribution in [0.1, 0.15) is 54.8 Å². The second-order valence-corrected chi connectivity index (χ2v) is 8.56. The highest BCUT2D eigenvalue weighted by molar-refractivity contribution is 5.97. The van der Waals surface area contributed by atoms with Crippen molar-refractivity contribution >= 4 is 18.0 Å². The van der Waals surface area contributed by atoms with Crippen LogP contribution in [0.15, 0.2) is 45.1 Å². The van der Waals surface area contributed by atoms with E-state index in [-0.39, 0.29) is 29.3 Å². The van der Waals surface area contributed by atoms with E-state index in [2.05, 4.69) is 12.2 Å². The van der Waals surface area contributed by atoms with Gasteiger partial charge < -0.3 is 19.2 Å². The van der Waals surface area contributed by atoms with Crippen LogP contribution in [-0.4, -0.2) is 24.5 Å². The monoisotopic (exact) mass is 437 g/mol. The number of fused-ring (bicyclic) bond motifs is 2. The molecule has 7 heteroatoms. The highest BCUT2D eigenvalue weighted by atomic mass is 16.5. The molecule has 0 bridgehead atoms.